The molecule has 1 aliphatic heterocycles. The van der Waals surface area contributed by atoms with Crippen molar-refractivity contribution in [3.05, 3.63) is 66.2 Å². The number of nitrogen functional groups attached to an aromatic ring is 1. The number of nitrogens with two attached hydrogens (primary N) is 2. The van der Waals surface area contributed by atoms with Crippen LogP contribution in [-0.4, -0.2) is 40.3 Å². The zero-order valence-electron chi connectivity index (χ0n) is 16.3. The average Bonchev–Trinajstić information content (AvgIpc) is 2.79. The Kier molecular flexibility index (Phi) is 5.48. The Balaban J connectivity index is 1.63. The number of rotatable bonds is 5. The maximum absolute atomic E-state index is 8.73. The largest absolute Gasteiger partial charge is 0.397 e. The van der Waals surface area contributed by atoms with Crippen LogP contribution in [0.5, 0.6) is 0 Å². The summed E-state index contributed by atoms with van der Waals surface area (Å²) in [5.74, 6) is 1.37. The highest BCUT2D eigenvalue weighted by Gasteiger charge is 2.21. The Morgan fingerprint density at radius 1 is 1.21 bits per heavy atom. The Morgan fingerprint density at radius 3 is 2.90 bits per heavy atom. The lowest BCUT2D eigenvalue weighted by atomic mass is 9.98. The van der Waals surface area contributed by atoms with Gasteiger partial charge in [-0.3, -0.25) is 15.4 Å². The number of pyridine rings is 3. The lowest BCUT2D eigenvalue weighted by molar-refractivity contribution is 0.421. The minimum absolute atomic E-state index is 0.282. The minimum Gasteiger partial charge on any atom is -0.397 e. The van der Waals surface area contributed by atoms with Gasteiger partial charge in [0, 0.05) is 36.6 Å². The molecular formula is C22H25N7. The zero-order valence-corrected chi connectivity index (χ0v) is 16.3. The van der Waals surface area contributed by atoms with Crippen LogP contribution in [0.2, 0.25) is 0 Å². The molecule has 0 amide bonds. The molecule has 7 nitrogen and oxygen atoms in total. The average molecular weight is 387 g/mol. The lowest BCUT2D eigenvalue weighted by Crippen LogP contribution is -2.38. The molecule has 0 aromatic carbocycles. The highest BCUT2D eigenvalue weighted by atomic mass is 15.2. The van der Waals surface area contributed by atoms with Crippen molar-refractivity contribution in [2.45, 2.75) is 12.8 Å². The van der Waals surface area contributed by atoms with Gasteiger partial charge in [0.2, 0.25) is 0 Å². The molecule has 4 heterocycles. The van der Waals surface area contributed by atoms with Gasteiger partial charge in [0.05, 0.1) is 29.0 Å². The third kappa shape index (κ3) is 4.09. The standard InChI is InChI=1S/C22H25N7/c23-11-15-4-3-9-29(14-15)21-7-1-6-19(28-21)22(25)17-10-20(27-13-18(17)24)16-5-2-8-26-12-16/h1-2,5-8,10,12-13,15,25H,3-4,9,11,14,23-24H2. The van der Waals surface area contributed by atoms with E-state index in [1.165, 1.54) is 0 Å². The zero-order chi connectivity index (χ0) is 20.2. The van der Waals surface area contributed by atoms with Gasteiger partial charge in [-0.1, -0.05) is 6.07 Å². The molecule has 0 radical (unpaired) electrons. The summed E-state index contributed by atoms with van der Waals surface area (Å²) in [6.45, 7) is 2.56. The van der Waals surface area contributed by atoms with Gasteiger partial charge < -0.3 is 16.4 Å². The molecule has 4 rings (SSSR count). The quantitative estimate of drug-likeness (QED) is 0.579. The van der Waals surface area contributed by atoms with Crippen molar-refractivity contribution >= 4 is 17.2 Å². The predicted octanol–water partition coefficient (Wildman–Crippen LogP) is 2.71. The van der Waals surface area contributed by atoms with Crippen LogP contribution in [0.25, 0.3) is 11.3 Å². The minimum atomic E-state index is 0.282. The first kappa shape index (κ1) is 19.0. The summed E-state index contributed by atoms with van der Waals surface area (Å²) in [7, 11) is 0. The molecule has 7 heteroatoms. The molecule has 148 valence electrons. The Labute approximate surface area is 170 Å². The Morgan fingerprint density at radius 2 is 2.10 bits per heavy atom. The normalized spacial score (nSPS) is 16.6. The first-order valence-corrected chi connectivity index (χ1v) is 9.83. The Hall–Kier alpha value is -3.32. The Bertz CT molecular complexity index is 1000. The van der Waals surface area contributed by atoms with Crippen molar-refractivity contribution in [1.29, 1.82) is 5.41 Å². The van der Waals surface area contributed by atoms with Crippen LogP contribution in [0.15, 0.2) is 55.0 Å². The van der Waals surface area contributed by atoms with Crippen molar-refractivity contribution in [1.82, 2.24) is 15.0 Å². The molecular weight excluding hydrogens is 362 g/mol. The highest BCUT2D eigenvalue weighted by molar-refractivity contribution is 6.13. The maximum atomic E-state index is 8.73. The van der Waals surface area contributed by atoms with Gasteiger partial charge in [0.25, 0.3) is 0 Å². The molecule has 1 unspecified atom stereocenters. The fraction of sp³-hybridized carbons (Fsp3) is 0.273. The number of hydrogen-bond acceptors (Lipinski definition) is 7. The van der Waals surface area contributed by atoms with E-state index in [9.17, 15) is 0 Å². The van der Waals surface area contributed by atoms with E-state index in [2.05, 4.69) is 14.9 Å². The number of anilines is 2. The molecule has 3 aromatic rings. The lowest BCUT2D eigenvalue weighted by Gasteiger charge is -2.33. The SMILES string of the molecule is N=C(c1cccc(N2CCCC(CN)C2)n1)c1cc(-c2cccnc2)ncc1N. The summed E-state index contributed by atoms with van der Waals surface area (Å²) in [5, 5.41) is 8.73. The van der Waals surface area contributed by atoms with E-state index in [-0.39, 0.29) is 5.71 Å². The van der Waals surface area contributed by atoms with Gasteiger partial charge in [-0.2, -0.15) is 0 Å². The van der Waals surface area contributed by atoms with Gasteiger partial charge in [0.1, 0.15) is 5.82 Å². The van der Waals surface area contributed by atoms with Crippen molar-refractivity contribution in [2.24, 2.45) is 11.7 Å². The summed E-state index contributed by atoms with van der Waals surface area (Å²) < 4.78 is 0. The van der Waals surface area contributed by atoms with Gasteiger partial charge >= 0.3 is 0 Å². The second kappa shape index (κ2) is 8.36. The summed E-state index contributed by atoms with van der Waals surface area (Å²) in [4.78, 5) is 15.5. The molecule has 1 saturated heterocycles. The number of piperidine rings is 1. The van der Waals surface area contributed by atoms with Crippen molar-refractivity contribution in [3.63, 3.8) is 0 Å². The van der Waals surface area contributed by atoms with Crippen LogP contribution < -0.4 is 16.4 Å². The third-order valence-corrected chi connectivity index (χ3v) is 5.33. The molecule has 1 aliphatic rings. The highest BCUT2D eigenvalue weighted by Crippen LogP contribution is 2.25. The number of hydrogen-bond donors (Lipinski definition) is 3. The number of nitrogens with zero attached hydrogens (tertiary/aromatic N) is 4. The topological polar surface area (TPSA) is 118 Å². The smallest absolute Gasteiger partial charge is 0.129 e. The summed E-state index contributed by atoms with van der Waals surface area (Å²) in [6.07, 6.45) is 7.32. The van der Waals surface area contributed by atoms with Crippen LogP contribution in [-0.2, 0) is 0 Å². The van der Waals surface area contributed by atoms with Crippen LogP contribution in [0.4, 0.5) is 11.5 Å². The van der Waals surface area contributed by atoms with E-state index >= 15 is 0 Å². The van der Waals surface area contributed by atoms with E-state index in [1.807, 2.05) is 36.4 Å². The molecule has 0 aliphatic carbocycles. The van der Waals surface area contributed by atoms with Crippen LogP contribution >= 0.6 is 0 Å². The molecule has 1 atom stereocenters. The van der Waals surface area contributed by atoms with Crippen LogP contribution in [0.3, 0.4) is 0 Å². The molecule has 29 heavy (non-hydrogen) atoms. The molecule has 5 N–H and O–H groups in total. The first-order chi connectivity index (χ1) is 14.2. The first-order valence-electron chi connectivity index (χ1n) is 9.83. The number of nitrogens with one attached hydrogen (secondary N) is 1. The fourth-order valence-electron chi connectivity index (χ4n) is 3.70. The van der Waals surface area contributed by atoms with E-state index in [4.69, 9.17) is 21.9 Å². The molecule has 0 spiro atoms. The van der Waals surface area contributed by atoms with E-state index in [0.29, 0.717) is 29.4 Å². The van der Waals surface area contributed by atoms with Crippen molar-refractivity contribution < 1.29 is 0 Å². The molecule has 0 bridgehead atoms. The fourth-order valence-corrected chi connectivity index (χ4v) is 3.70. The van der Waals surface area contributed by atoms with E-state index < -0.39 is 0 Å². The summed E-state index contributed by atoms with van der Waals surface area (Å²) in [5.41, 5.74) is 15.6. The summed E-state index contributed by atoms with van der Waals surface area (Å²) >= 11 is 0. The van der Waals surface area contributed by atoms with E-state index in [0.717, 1.165) is 43.0 Å². The van der Waals surface area contributed by atoms with Crippen molar-refractivity contribution in [2.75, 3.05) is 30.3 Å². The molecule has 3 aromatic heterocycles. The van der Waals surface area contributed by atoms with E-state index in [1.54, 1.807) is 18.6 Å². The monoisotopic (exact) mass is 387 g/mol. The third-order valence-electron chi connectivity index (χ3n) is 5.33. The van der Waals surface area contributed by atoms with Gasteiger partial charge in [0.15, 0.2) is 0 Å². The maximum Gasteiger partial charge on any atom is 0.129 e. The van der Waals surface area contributed by atoms with Gasteiger partial charge in [-0.25, -0.2) is 4.98 Å². The second-order valence-electron chi connectivity index (χ2n) is 7.34. The van der Waals surface area contributed by atoms with Crippen LogP contribution in [0.1, 0.15) is 24.1 Å². The van der Waals surface area contributed by atoms with Crippen molar-refractivity contribution in [3.8, 4) is 11.3 Å². The number of aromatic nitrogens is 3. The second-order valence-corrected chi connectivity index (χ2v) is 7.34. The summed E-state index contributed by atoms with van der Waals surface area (Å²) in [6, 6.07) is 11.4. The molecule has 0 saturated carbocycles. The van der Waals surface area contributed by atoms with Gasteiger partial charge in [-0.05, 0) is 55.6 Å². The predicted molar refractivity (Wildman–Crippen MR) is 116 cm³/mol. The van der Waals surface area contributed by atoms with Crippen LogP contribution in [0, 0.1) is 11.3 Å². The molecule has 1 fully saturated rings. The van der Waals surface area contributed by atoms with Gasteiger partial charge in [-0.15, -0.1) is 0 Å².